The second kappa shape index (κ2) is 7.74. The summed E-state index contributed by atoms with van der Waals surface area (Å²) in [5, 5.41) is 5.83. The van der Waals surface area contributed by atoms with Crippen LogP contribution < -0.4 is 15.4 Å². The molecule has 2 N–H and O–H groups in total. The van der Waals surface area contributed by atoms with E-state index in [-0.39, 0.29) is 24.2 Å². The lowest BCUT2D eigenvalue weighted by Crippen LogP contribution is -2.35. The molecule has 0 saturated heterocycles. The van der Waals surface area contributed by atoms with Gasteiger partial charge < -0.3 is 15.4 Å². The Bertz CT molecular complexity index is 424. The lowest BCUT2D eigenvalue weighted by molar-refractivity contribution is -0.120. The van der Waals surface area contributed by atoms with Crippen molar-refractivity contribution in [1.29, 1.82) is 0 Å². The molecule has 0 radical (unpaired) electrons. The van der Waals surface area contributed by atoms with Crippen LogP contribution in [0, 0.1) is 5.82 Å². The van der Waals surface area contributed by atoms with Crippen LogP contribution in [0.15, 0.2) is 18.2 Å². The van der Waals surface area contributed by atoms with Gasteiger partial charge in [-0.15, -0.1) is 0 Å². The van der Waals surface area contributed by atoms with Crippen molar-refractivity contribution >= 4 is 5.91 Å². The molecule has 0 aliphatic heterocycles. The van der Waals surface area contributed by atoms with Gasteiger partial charge >= 0.3 is 0 Å². The predicted molar refractivity (Wildman–Crippen MR) is 72.7 cm³/mol. The Hall–Kier alpha value is -1.62. The number of halogens is 1. The molecule has 0 aliphatic rings. The van der Waals surface area contributed by atoms with Gasteiger partial charge in [-0.3, -0.25) is 4.79 Å². The van der Waals surface area contributed by atoms with Crippen molar-refractivity contribution in [3.8, 4) is 5.75 Å². The van der Waals surface area contributed by atoms with Crippen LogP contribution in [0.2, 0.25) is 0 Å². The minimum absolute atomic E-state index is 0.0531. The minimum Gasteiger partial charge on any atom is -0.494 e. The molecule has 19 heavy (non-hydrogen) atoms. The fraction of sp³-hybridized carbons (Fsp3) is 0.500. The molecule has 0 aromatic heterocycles. The number of hydrogen-bond acceptors (Lipinski definition) is 3. The van der Waals surface area contributed by atoms with E-state index in [0.29, 0.717) is 6.54 Å². The molecular weight excluding hydrogens is 247 g/mol. The van der Waals surface area contributed by atoms with Gasteiger partial charge in [0, 0.05) is 12.6 Å². The molecule has 4 nitrogen and oxygen atoms in total. The minimum atomic E-state index is -0.399. The second-order valence-corrected chi connectivity index (χ2v) is 4.35. The molecule has 0 aliphatic carbocycles. The van der Waals surface area contributed by atoms with E-state index in [2.05, 4.69) is 10.6 Å². The van der Waals surface area contributed by atoms with Crippen LogP contribution in [-0.4, -0.2) is 26.1 Å². The first-order chi connectivity index (χ1) is 9.08. The van der Waals surface area contributed by atoms with Crippen molar-refractivity contribution in [2.75, 3.05) is 20.2 Å². The summed E-state index contributed by atoms with van der Waals surface area (Å²) in [4.78, 5) is 11.4. The number of carbonyl (C=O) groups is 1. The largest absolute Gasteiger partial charge is 0.494 e. The lowest BCUT2D eigenvalue weighted by atomic mass is 10.1. The highest BCUT2D eigenvalue weighted by Crippen LogP contribution is 2.21. The molecule has 1 unspecified atom stereocenters. The van der Waals surface area contributed by atoms with Gasteiger partial charge in [0.2, 0.25) is 5.91 Å². The van der Waals surface area contributed by atoms with Gasteiger partial charge in [0.15, 0.2) is 11.6 Å². The molecule has 0 saturated carbocycles. The molecule has 1 aromatic rings. The van der Waals surface area contributed by atoms with Gasteiger partial charge in [-0.1, -0.05) is 13.0 Å². The van der Waals surface area contributed by atoms with Gasteiger partial charge in [0.25, 0.3) is 0 Å². The number of amides is 1. The first kappa shape index (κ1) is 15.4. The molecule has 0 fully saturated rings. The zero-order valence-corrected chi connectivity index (χ0v) is 11.6. The average molecular weight is 268 g/mol. The van der Waals surface area contributed by atoms with Crippen molar-refractivity contribution in [2.24, 2.45) is 0 Å². The molecule has 0 spiro atoms. The number of methoxy groups -OCH3 is 1. The molecular formula is C14H21FN2O2. The third-order valence-electron chi connectivity index (χ3n) is 2.82. The smallest absolute Gasteiger partial charge is 0.233 e. The SMILES string of the molecule is CCCNC(=O)CNC(C)c1ccc(OC)c(F)c1. The van der Waals surface area contributed by atoms with Crippen LogP contribution in [0.25, 0.3) is 0 Å². The fourth-order valence-corrected chi connectivity index (χ4v) is 1.64. The molecule has 0 bridgehead atoms. The van der Waals surface area contributed by atoms with E-state index in [1.54, 1.807) is 12.1 Å². The zero-order valence-electron chi connectivity index (χ0n) is 11.6. The summed E-state index contributed by atoms with van der Waals surface area (Å²) in [6.07, 6.45) is 0.908. The number of carbonyl (C=O) groups excluding carboxylic acids is 1. The van der Waals surface area contributed by atoms with E-state index in [9.17, 15) is 9.18 Å². The standard InChI is InChI=1S/C14H21FN2O2/c1-4-7-16-14(18)9-17-10(2)11-5-6-13(19-3)12(15)8-11/h5-6,8,10,17H,4,7,9H2,1-3H3,(H,16,18). The Morgan fingerprint density at radius 3 is 2.79 bits per heavy atom. The molecule has 0 heterocycles. The Balaban J connectivity index is 2.51. The van der Waals surface area contributed by atoms with E-state index in [1.165, 1.54) is 13.2 Å². The average Bonchev–Trinajstić information content (AvgIpc) is 2.42. The summed E-state index contributed by atoms with van der Waals surface area (Å²) in [6.45, 7) is 4.77. The molecule has 1 atom stereocenters. The number of hydrogen-bond donors (Lipinski definition) is 2. The molecule has 1 rings (SSSR count). The second-order valence-electron chi connectivity index (χ2n) is 4.35. The predicted octanol–water partition coefficient (Wildman–Crippen LogP) is 2.01. The Kier molecular flexibility index (Phi) is 6.29. The van der Waals surface area contributed by atoms with Gasteiger partial charge in [-0.2, -0.15) is 0 Å². The topological polar surface area (TPSA) is 50.4 Å². The summed E-state index contributed by atoms with van der Waals surface area (Å²) in [7, 11) is 1.43. The zero-order chi connectivity index (χ0) is 14.3. The van der Waals surface area contributed by atoms with Crippen LogP contribution in [-0.2, 0) is 4.79 Å². The quantitative estimate of drug-likeness (QED) is 0.795. The molecule has 1 aromatic carbocycles. The molecule has 1 amide bonds. The van der Waals surface area contributed by atoms with Gasteiger partial charge in [-0.25, -0.2) is 4.39 Å². The lowest BCUT2D eigenvalue weighted by Gasteiger charge is -2.15. The summed E-state index contributed by atoms with van der Waals surface area (Å²) in [5.74, 6) is -0.233. The summed E-state index contributed by atoms with van der Waals surface area (Å²) in [5.41, 5.74) is 0.779. The summed E-state index contributed by atoms with van der Waals surface area (Å²) in [6, 6.07) is 4.68. The van der Waals surface area contributed by atoms with E-state index in [4.69, 9.17) is 4.74 Å². The first-order valence-corrected chi connectivity index (χ1v) is 6.42. The van der Waals surface area contributed by atoms with Crippen LogP contribution >= 0.6 is 0 Å². The van der Waals surface area contributed by atoms with Crippen molar-refractivity contribution < 1.29 is 13.9 Å². The maximum absolute atomic E-state index is 13.5. The Morgan fingerprint density at radius 2 is 2.21 bits per heavy atom. The Labute approximate surface area is 113 Å². The number of rotatable bonds is 7. The van der Waals surface area contributed by atoms with E-state index in [0.717, 1.165) is 12.0 Å². The van der Waals surface area contributed by atoms with Crippen LogP contribution in [0.3, 0.4) is 0 Å². The monoisotopic (exact) mass is 268 g/mol. The van der Waals surface area contributed by atoms with E-state index < -0.39 is 5.82 Å². The van der Waals surface area contributed by atoms with Crippen molar-refractivity contribution in [3.05, 3.63) is 29.6 Å². The third-order valence-corrected chi connectivity index (χ3v) is 2.82. The first-order valence-electron chi connectivity index (χ1n) is 6.42. The van der Waals surface area contributed by atoms with Crippen LogP contribution in [0.5, 0.6) is 5.75 Å². The third kappa shape index (κ3) is 4.87. The maximum Gasteiger partial charge on any atom is 0.233 e. The number of nitrogens with one attached hydrogen (secondary N) is 2. The molecule has 5 heteroatoms. The number of ether oxygens (including phenoxy) is 1. The molecule has 106 valence electrons. The highest BCUT2D eigenvalue weighted by Gasteiger charge is 2.10. The highest BCUT2D eigenvalue weighted by atomic mass is 19.1. The van der Waals surface area contributed by atoms with Gasteiger partial charge in [-0.05, 0) is 31.0 Å². The van der Waals surface area contributed by atoms with Gasteiger partial charge in [0.05, 0.1) is 13.7 Å². The fourth-order valence-electron chi connectivity index (χ4n) is 1.64. The Morgan fingerprint density at radius 1 is 1.47 bits per heavy atom. The van der Waals surface area contributed by atoms with Crippen LogP contribution in [0.4, 0.5) is 4.39 Å². The summed E-state index contributed by atoms with van der Waals surface area (Å²) < 4.78 is 18.4. The van der Waals surface area contributed by atoms with Crippen molar-refractivity contribution in [3.63, 3.8) is 0 Å². The summed E-state index contributed by atoms with van der Waals surface area (Å²) >= 11 is 0. The van der Waals surface area contributed by atoms with Gasteiger partial charge in [0.1, 0.15) is 0 Å². The maximum atomic E-state index is 13.5. The van der Waals surface area contributed by atoms with Crippen LogP contribution in [0.1, 0.15) is 31.9 Å². The van der Waals surface area contributed by atoms with Crippen molar-refractivity contribution in [1.82, 2.24) is 10.6 Å². The highest BCUT2D eigenvalue weighted by molar-refractivity contribution is 5.77. The van der Waals surface area contributed by atoms with E-state index >= 15 is 0 Å². The van der Waals surface area contributed by atoms with Crippen molar-refractivity contribution in [2.45, 2.75) is 26.3 Å². The normalized spacial score (nSPS) is 12.0. The number of benzene rings is 1. The van der Waals surface area contributed by atoms with E-state index in [1.807, 2.05) is 13.8 Å².